The summed E-state index contributed by atoms with van der Waals surface area (Å²) >= 11 is 0. The Bertz CT molecular complexity index is 311. The lowest BCUT2D eigenvalue weighted by molar-refractivity contribution is -0.119. The lowest BCUT2D eigenvalue weighted by Gasteiger charge is -2.15. The minimum atomic E-state index is -0.310. The molecule has 2 atom stereocenters. The van der Waals surface area contributed by atoms with Crippen molar-refractivity contribution in [2.45, 2.75) is 25.8 Å². The van der Waals surface area contributed by atoms with Crippen molar-refractivity contribution in [2.75, 3.05) is 6.54 Å². The predicted octanol–water partition coefficient (Wildman–Crippen LogP) is 1.25. The zero-order valence-corrected chi connectivity index (χ0v) is 9.23. The van der Waals surface area contributed by atoms with E-state index in [2.05, 4.69) is 24.4 Å². The first-order chi connectivity index (χ1) is 7.11. The fourth-order valence-corrected chi connectivity index (χ4v) is 1.35. The number of nitrogens with two attached hydrogens (primary N) is 1. The third-order valence-electron chi connectivity index (χ3n) is 2.53. The van der Waals surface area contributed by atoms with Gasteiger partial charge in [0.15, 0.2) is 0 Å². The van der Waals surface area contributed by atoms with E-state index in [9.17, 15) is 4.79 Å². The van der Waals surface area contributed by atoms with E-state index >= 15 is 0 Å². The van der Waals surface area contributed by atoms with Crippen molar-refractivity contribution >= 4 is 5.91 Å². The van der Waals surface area contributed by atoms with Crippen LogP contribution in [-0.2, 0) is 4.79 Å². The monoisotopic (exact) mass is 206 g/mol. The first-order valence-corrected chi connectivity index (χ1v) is 5.19. The van der Waals surface area contributed by atoms with E-state index in [0.29, 0.717) is 5.92 Å². The molecule has 0 saturated carbocycles. The molecule has 1 aromatic carbocycles. The van der Waals surface area contributed by atoms with Gasteiger partial charge in [0.2, 0.25) is 5.91 Å². The van der Waals surface area contributed by atoms with Gasteiger partial charge in [-0.2, -0.15) is 0 Å². The van der Waals surface area contributed by atoms with Crippen LogP contribution in [0.2, 0.25) is 0 Å². The maximum absolute atomic E-state index is 10.8. The predicted molar refractivity (Wildman–Crippen MR) is 61.5 cm³/mol. The van der Waals surface area contributed by atoms with E-state index < -0.39 is 0 Å². The van der Waals surface area contributed by atoms with Gasteiger partial charge in [0.1, 0.15) is 0 Å². The molecule has 0 aliphatic rings. The average molecular weight is 206 g/mol. The van der Waals surface area contributed by atoms with Crippen LogP contribution in [0.15, 0.2) is 30.3 Å². The Labute approximate surface area is 90.7 Å². The molecule has 0 saturated heterocycles. The molecule has 0 aliphatic carbocycles. The zero-order chi connectivity index (χ0) is 11.3. The van der Waals surface area contributed by atoms with Gasteiger partial charge >= 0.3 is 0 Å². The molecule has 0 aliphatic heterocycles. The van der Waals surface area contributed by atoms with Gasteiger partial charge in [-0.15, -0.1) is 0 Å². The summed E-state index contributed by atoms with van der Waals surface area (Å²) in [4.78, 5) is 10.8. The van der Waals surface area contributed by atoms with Gasteiger partial charge in [-0.1, -0.05) is 37.3 Å². The summed E-state index contributed by atoms with van der Waals surface area (Å²) in [6.07, 6.45) is 0. The molecular weight excluding hydrogens is 188 g/mol. The highest BCUT2D eigenvalue weighted by molar-refractivity contribution is 5.79. The summed E-state index contributed by atoms with van der Waals surface area (Å²) in [6.45, 7) is 4.66. The van der Waals surface area contributed by atoms with Gasteiger partial charge in [-0.05, 0) is 18.4 Å². The maximum atomic E-state index is 10.8. The Kier molecular flexibility index (Phi) is 4.31. The Morgan fingerprint density at radius 1 is 1.33 bits per heavy atom. The van der Waals surface area contributed by atoms with Gasteiger partial charge in [0, 0.05) is 6.54 Å². The van der Waals surface area contributed by atoms with Crippen molar-refractivity contribution < 1.29 is 4.79 Å². The third-order valence-corrected chi connectivity index (χ3v) is 2.53. The van der Waals surface area contributed by atoms with E-state index in [0.717, 1.165) is 6.54 Å². The number of amides is 1. The van der Waals surface area contributed by atoms with Crippen LogP contribution < -0.4 is 11.1 Å². The highest BCUT2D eigenvalue weighted by atomic mass is 16.1. The molecule has 82 valence electrons. The second kappa shape index (κ2) is 5.51. The van der Waals surface area contributed by atoms with E-state index in [-0.39, 0.29) is 11.9 Å². The van der Waals surface area contributed by atoms with Crippen molar-refractivity contribution in [3.8, 4) is 0 Å². The zero-order valence-electron chi connectivity index (χ0n) is 9.23. The molecule has 1 rings (SSSR count). The van der Waals surface area contributed by atoms with Crippen LogP contribution in [0.4, 0.5) is 0 Å². The van der Waals surface area contributed by atoms with Gasteiger partial charge in [-0.25, -0.2) is 0 Å². The lowest BCUT2D eigenvalue weighted by Crippen LogP contribution is -2.40. The first-order valence-electron chi connectivity index (χ1n) is 5.19. The molecular formula is C12H18N2O. The molecule has 0 aromatic heterocycles. The quantitative estimate of drug-likeness (QED) is 0.762. The molecule has 0 radical (unpaired) electrons. The smallest absolute Gasteiger partial charge is 0.234 e. The Hall–Kier alpha value is -1.35. The SMILES string of the molecule is CC(NCC(C)c1ccccc1)C(N)=O. The molecule has 0 spiro atoms. The molecule has 1 amide bonds. The van der Waals surface area contributed by atoms with Crippen LogP contribution in [0.3, 0.4) is 0 Å². The topological polar surface area (TPSA) is 55.1 Å². The normalized spacial score (nSPS) is 14.5. The van der Waals surface area contributed by atoms with Crippen LogP contribution in [0, 0.1) is 0 Å². The van der Waals surface area contributed by atoms with Crippen molar-refractivity contribution in [3.05, 3.63) is 35.9 Å². The van der Waals surface area contributed by atoms with E-state index in [4.69, 9.17) is 5.73 Å². The lowest BCUT2D eigenvalue weighted by atomic mass is 10.0. The second-order valence-electron chi connectivity index (χ2n) is 3.84. The minimum absolute atomic E-state index is 0.267. The molecule has 0 bridgehead atoms. The highest BCUT2D eigenvalue weighted by Gasteiger charge is 2.10. The van der Waals surface area contributed by atoms with Crippen molar-refractivity contribution in [2.24, 2.45) is 5.73 Å². The Balaban J connectivity index is 2.43. The van der Waals surface area contributed by atoms with Crippen LogP contribution in [-0.4, -0.2) is 18.5 Å². The minimum Gasteiger partial charge on any atom is -0.368 e. The summed E-state index contributed by atoms with van der Waals surface area (Å²) in [5, 5.41) is 3.11. The number of hydrogen-bond donors (Lipinski definition) is 2. The number of nitrogens with one attached hydrogen (secondary N) is 1. The number of carbonyl (C=O) groups is 1. The van der Waals surface area contributed by atoms with Crippen LogP contribution in [0.5, 0.6) is 0 Å². The van der Waals surface area contributed by atoms with Crippen molar-refractivity contribution in [1.29, 1.82) is 0 Å². The van der Waals surface area contributed by atoms with Gasteiger partial charge in [-0.3, -0.25) is 4.79 Å². The van der Waals surface area contributed by atoms with Gasteiger partial charge in [0.25, 0.3) is 0 Å². The number of primary amides is 1. The number of carbonyl (C=O) groups excluding carboxylic acids is 1. The fourth-order valence-electron chi connectivity index (χ4n) is 1.35. The van der Waals surface area contributed by atoms with Crippen LogP contribution >= 0.6 is 0 Å². The average Bonchev–Trinajstić information content (AvgIpc) is 2.26. The third kappa shape index (κ3) is 3.72. The number of hydrogen-bond acceptors (Lipinski definition) is 2. The molecule has 3 nitrogen and oxygen atoms in total. The largest absolute Gasteiger partial charge is 0.368 e. The number of benzene rings is 1. The summed E-state index contributed by atoms with van der Waals surface area (Å²) < 4.78 is 0. The second-order valence-corrected chi connectivity index (χ2v) is 3.84. The van der Waals surface area contributed by atoms with Gasteiger partial charge < -0.3 is 11.1 Å². The van der Waals surface area contributed by atoms with Crippen LogP contribution in [0.25, 0.3) is 0 Å². The molecule has 3 heteroatoms. The molecule has 3 N–H and O–H groups in total. The van der Waals surface area contributed by atoms with Crippen molar-refractivity contribution in [1.82, 2.24) is 5.32 Å². The molecule has 15 heavy (non-hydrogen) atoms. The summed E-state index contributed by atoms with van der Waals surface area (Å²) in [6, 6.07) is 9.93. The molecule has 1 aromatic rings. The van der Waals surface area contributed by atoms with Gasteiger partial charge in [0.05, 0.1) is 6.04 Å². The number of rotatable bonds is 5. The van der Waals surface area contributed by atoms with Crippen molar-refractivity contribution in [3.63, 3.8) is 0 Å². The molecule has 0 heterocycles. The van der Waals surface area contributed by atoms with Crippen LogP contribution in [0.1, 0.15) is 25.3 Å². The van der Waals surface area contributed by atoms with E-state index in [1.54, 1.807) is 6.92 Å². The Morgan fingerprint density at radius 2 is 1.93 bits per heavy atom. The summed E-state index contributed by atoms with van der Waals surface area (Å²) in [5.41, 5.74) is 6.42. The first kappa shape index (κ1) is 11.7. The molecule has 2 unspecified atom stereocenters. The van der Waals surface area contributed by atoms with E-state index in [1.165, 1.54) is 5.56 Å². The summed E-state index contributed by atoms with van der Waals surface area (Å²) in [5.74, 6) is 0.0725. The van der Waals surface area contributed by atoms with E-state index in [1.807, 2.05) is 18.2 Å². The Morgan fingerprint density at radius 3 is 2.47 bits per heavy atom. The summed E-state index contributed by atoms with van der Waals surface area (Å²) in [7, 11) is 0. The fraction of sp³-hybridized carbons (Fsp3) is 0.417. The molecule has 0 fully saturated rings. The maximum Gasteiger partial charge on any atom is 0.234 e. The highest BCUT2D eigenvalue weighted by Crippen LogP contribution is 2.12. The standard InChI is InChI=1S/C12H18N2O/c1-9(8-14-10(2)12(13)15)11-6-4-3-5-7-11/h3-7,9-10,14H,8H2,1-2H3,(H2,13,15).